The summed E-state index contributed by atoms with van der Waals surface area (Å²) < 4.78 is 11.8. The number of carbonyl (C=O) groups excluding carboxylic acids is 1. The zero-order chi connectivity index (χ0) is 21.1. The standard InChI is InChI=1S/C20H20N2O6S/c1-11-15-17(29-16(11)19(24)25)21-12(2)22(18(15)23)9-4-10-28-14-7-5-13(6-8-14)20(26)27-3/h5-8H,4,9-10H2,1-3H3,(H,24,25). The molecule has 29 heavy (non-hydrogen) atoms. The van der Waals surface area contributed by atoms with Crippen molar-refractivity contribution in [3.63, 3.8) is 0 Å². The largest absolute Gasteiger partial charge is 0.494 e. The summed E-state index contributed by atoms with van der Waals surface area (Å²) in [4.78, 5) is 40.6. The summed E-state index contributed by atoms with van der Waals surface area (Å²) in [6, 6.07) is 6.60. The molecule has 0 aliphatic rings. The molecular formula is C20H20N2O6S. The first kappa shape index (κ1) is 20.5. The van der Waals surface area contributed by atoms with Crippen molar-refractivity contribution in [3.05, 3.63) is 56.4 Å². The smallest absolute Gasteiger partial charge is 0.346 e. The summed E-state index contributed by atoms with van der Waals surface area (Å²) in [5.74, 6) is -0.331. The highest BCUT2D eigenvalue weighted by atomic mass is 32.1. The zero-order valence-electron chi connectivity index (χ0n) is 16.2. The third-order valence-corrected chi connectivity index (χ3v) is 5.68. The van der Waals surface area contributed by atoms with E-state index in [1.807, 2.05) is 0 Å². The lowest BCUT2D eigenvalue weighted by atomic mass is 10.2. The first-order valence-electron chi connectivity index (χ1n) is 8.88. The van der Waals surface area contributed by atoms with Crippen molar-refractivity contribution in [2.75, 3.05) is 13.7 Å². The van der Waals surface area contributed by atoms with E-state index < -0.39 is 11.9 Å². The van der Waals surface area contributed by atoms with Crippen molar-refractivity contribution in [1.29, 1.82) is 0 Å². The van der Waals surface area contributed by atoms with E-state index in [1.165, 1.54) is 11.7 Å². The van der Waals surface area contributed by atoms with Crippen LogP contribution in [0.25, 0.3) is 10.2 Å². The van der Waals surface area contributed by atoms with Crippen molar-refractivity contribution in [2.45, 2.75) is 26.8 Å². The Labute approximate surface area is 170 Å². The first-order valence-corrected chi connectivity index (χ1v) is 9.70. The van der Waals surface area contributed by atoms with Crippen LogP contribution in [0.4, 0.5) is 0 Å². The van der Waals surface area contributed by atoms with Gasteiger partial charge in [-0.15, -0.1) is 11.3 Å². The molecule has 0 saturated heterocycles. The molecule has 0 spiro atoms. The Morgan fingerprint density at radius 1 is 1.21 bits per heavy atom. The van der Waals surface area contributed by atoms with Crippen molar-refractivity contribution in [1.82, 2.24) is 9.55 Å². The second-order valence-corrected chi connectivity index (χ2v) is 7.37. The second-order valence-electron chi connectivity index (χ2n) is 6.38. The maximum Gasteiger partial charge on any atom is 0.346 e. The molecular weight excluding hydrogens is 396 g/mol. The summed E-state index contributed by atoms with van der Waals surface area (Å²) in [6.07, 6.45) is 0.557. The number of rotatable bonds is 7. The third-order valence-electron chi connectivity index (χ3n) is 4.51. The van der Waals surface area contributed by atoms with Gasteiger partial charge in [-0.2, -0.15) is 0 Å². The lowest BCUT2D eigenvalue weighted by molar-refractivity contribution is 0.0599. The Bertz CT molecular complexity index is 1130. The molecule has 9 heteroatoms. The highest BCUT2D eigenvalue weighted by molar-refractivity contribution is 7.20. The molecule has 0 saturated carbocycles. The highest BCUT2D eigenvalue weighted by Crippen LogP contribution is 2.27. The predicted octanol–water partition coefficient (Wildman–Crippen LogP) is 3.03. The van der Waals surface area contributed by atoms with Crippen LogP contribution in [0.1, 0.15) is 37.8 Å². The Hall–Kier alpha value is -3.20. The summed E-state index contributed by atoms with van der Waals surface area (Å²) in [6.45, 7) is 4.12. The molecule has 0 radical (unpaired) electrons. The van der Waals surface area contributed by atoms with E-state index in [9.17, 15) is 19.5 Å². The molecule has 8 nitrogen and oxygen atoms in total. The average Bonchev–Trinajstić information content (AvgIpc) is 3.03. The van der Waals surface area contributed by atoms with Gasteiger partial charge in [-0.3, -0.25) is 9.36 Å². The Morgan fingerprint density at radius 2 is 1.90 bits per heavy atom. The number of aryl methyl sites for hydroxylation is 2. The van der Waals surface area contributed by atoms with Crippen LogP contribution in [0.15, 0.2) is 29.1 Å². The lowest BCUT2D eigenvalue weighted by Crippen LogP contribution is -2.24. The molecule has 152 valence electrons. The molecule has 2 heterocycles. The van der Waals surface area contributed by atoms with E-state index in [-0.39, 0.29) is 10.4 Å². The zero-order valence-corrected chi connectivity index (χ0v) is 17.0. The van der Waals surface area contributed by atoms with E-state index in [4.69, 9.17) is 4.74 Å². The van der Waals surface area contributed by atoms with Crippen LogP contribution >= 0.6 is 11.3 Å². The maximum absolute atomic E-state index is 12.9. The predicted molar refractivity (Wildman–Crippen MR) is 108 cm³/mol. The second kappa shape index (κ2) is 8.44. The van der Waals surface area contributed by atoms with Crippen LogP contribution < -0.4 is 10.3 Å². The summed E-state index contributed by atoms with van der Waals surface area (Å²) in [5.41, 5.74) is 0.648. The van der Waals surface area contributed by atoms with Gasteiger partial charge in [0.05, 0.1) is 24.7 Å². The number of benzene rings is 1. The van der Waals surface area contributed by atoms with Gasteiger partial charge in [0.2, 0.25) is 0 Å². The van der Waals surface area contributed by atoms with Gasteiger partial charge in [0.15, 0.2) is 0 Å². The molecule has 0 fully saturated rings. The fourth-order valence-electron chi connectivity index (χ4n) is 3.00. The number of carboxylic acid groups (broad SMARTS) is 1. The van der Waals surface area contributed by atoms with Crippen LogP contribution in [0.3, 0.4) is 0 Å². The number of nitrogens with zero attached hydrogens (tertiary/aromatic N) is 2. The molecule has 2 aromatic heterocycles. The lowest BCUT2D eigenvalue weighted by Gasteiger charge is -2.11. The average molecular weight is 416 g/mol. The van der Waals surface area contributed by atoms with E-state index >= 15 is 0 Å². The summed E-state index contributed by atoms with van der Waals surface area (Å²) in [5, 5.41) is 9.63. The number of carbonyl (C=O) groups is 2. The molecule has 1 aromatic carbocycles. The minimum absolute atomic E-state index is 0.139. The fourth-order valence-corrected chi connectivity index (χ4v) is 4.06. The Balaban J connectivity index is 1.69. The van der Waals surface area contributed by atoms with E-state index in [1.54, 1.807) is 38.1 Å². The van der Waals surface area contributed by atoms with Gasteiger partial charge < -0.3 is 14.6 Å². The van der Waals surface area contributed by atoms with Gasteiger partial charge in [-0.05, 0) is 50.1 Å². The number of carboxylic acids is 1. The van der Waals surface area contributed by atoms with Gasteiger partial charge >= 0.3 is 11.9 Å². The van der Waals surface area contributed by atoms with Gasteiger partial charge in [0.25, 0.3) is 5.56 Å². The summed E-state index contributed by atoms with van der Waals surface area (Å²) in [7, 11) is 1.32. The van der Waals surface area contributed by atoms with Crippen LogP contribution in [0.2, 0.25) is 0 Å². The molecule has 3 rings (SSSR count). The molecule has 0 bridgehead atoms. The Morgan fingerprint density at radius 3 is 2.52 bits per heavy atom. The number of aromatic nitrogens is 2. The monoisotopic (exact) mass is 416 g/mol. The quantitative estimate of drug-likeness (QED) is 0.466. The fraction of sp³-hybridized carbons (Fsp3) is 0.300. The van der Waals surface area contributed by atoms with Crippen molar-refractivity contribution in [2.24, 2.45) is 0 Å². The van der Waals surface area contributed by atoms with Crippen LogP contribution in [0, 0.1) is 13.8 Å². The minimum atomic E-state index is -1.05. The number of aromatic carboxylic acids is 1. The molecule has 0 aliphatic carbocycles. The molecule has 0 unspecified atom stereocenters. The van der Waals surface area contributed by atoms with E-state index in [2.05, 4.69) is 9.72 Å². The summed E-state index contributed by atoms with van der Waals surface area (Å²) >= 11 is 1.02. The van der Waals surface area contributed by atoms with Crippen LogP contribution in [-0.2, 0) is 11.3 Å². The van der Waals surface area contributed by atoms with Gasteiger partial charge in [0.1, 0.15) is 21.3 Å². The van der Waals surface area contributed by atoms with Crippen LogP contribution in [0.5, 0.6) is 5.75 Å². The third kappa shape index (κ3) is 4.14. The number of methoxy groups -OCH3 is 1. The first-order chi connectivity index (χ1) is 13.8. The highest BCUT2D eigenvalue weighted by Gasteiger charge is 2.20. The number of hydrogen-bond acceptors (Lipinski definition) is 7. The van der Waals surface area contributed by atoms with Crippen molar-refractivity contribution in [3.8, 4) is 5.75 Å². The van der Waals surface area contributed by atoms with Crippen molar-refractivity contribution < 1.29 is 24.2 Å². The SMILES string of the molecule is COC(=O)c1ccc(OCCCn2c(C)nc3sc(C(=O)O)c(C)c3c2=O)cc1. The number of hydrogen-bond donors (Lipinski definition) is 1. The number of ether oxygens (including phenoxy) is 2. The molecule has 0 amide bonds. The number of esters is 1. The van der Waals surface area contributed by atoms with Crippen LogP contribution in [-0.4, -0.2) is 40.3 Å². The number of thiophene rings is 1. The normalized spacial score (nSPS) is 10.9. The molecule has 0 aliphatic heterocycles. The minimum Gasteiger partial charge on any atom is -0.494 e. The Kier molecular flexibility index (Phi) is 5.97. The molecule has 1 N–H and O–H groups in total. The van der Waals surface area contributed by atoms with Gasteiger partial charge in [0, 0.05) is 6.54 Å². The van der Waals surface area contributed by atoms with E-state index in [0.29, 0.717) is 52.5 Å². The molecule has 3 aromatic rings. The maximum atomic E-state index is 12.9. The van der Waals surface area contributed by atoms with Gasteiger partial charge in [-0.1, -0.05) is 0 Å². The van der Waals surface area contributed by atoms with E-state index in [0.717, 1.165) is 11.3 Å². The topological polar surface area (TPSA) is 108 Å². The van der Waals surface area contributed by atoms with Crippen molar-refractivity contribution >= 4 is 33.5 Å². The molecule has 0 atom stereocenters. The van der Waals surface area contributed by atoms with Gasteiger partial charge in [-0.25, -0.2) is 14.6 Å². The number of fused-ring (bicyclic) bond motifs is 1.